The number of rotatable bonds is 9. The predicted octanol–water partition coefficient (Wildman–Crippen LogP) is 1.14. The molecule has 7 nitrogen and oxygen atoms in total. The second-order valence-corrected chi connectivity index (χ2v) is 7.74. The van der Waals surface area contributed by atoms with Crippen LogP contribution < -0.4 is 15.4 Å². The zero-order valence-electron chi connectivity index (χ0n) is 14.8. The Morgan fingerprint density at radius 2 is 1.88 bits per heavy atom. The molecule has 0 amide bonds. The van der Waals surface area contributed by atoms with Gasteiger partial charge in [0.05, 0.1) is 5.75 Å². The first kappa shape index (κ1) is 19.3. The van der Waals surface area contributed by atoms with Gasteiger partial charge in [-0.05, 0) is 30.9 Å². The summed E-state index contributed by atoms with van der Waals surface area (Å²) < 4.78 is 27.4. The van der Waals surface area contributed by atoms with Crippen molar-refractivity contribution >= 4 is 26.9 Å². The van der Waals surface area contributed by atoms with Gasteiger partial charge in [-0.2, -0.15) is 0 Å². The summed E-state index contributed by atoms with van der Waals surface area (Å²) in [7, 11) is -1.44. The standard InChI is InChI=1S/C17H27N5O2S/c1-3-25(23,24)21-12-11-20-17(18-2)19-10-6-13-22-14-9-15-7-4-5-8-16(15)22/h4-5,7-9,14,21H,3,6,10-13H2,1-2H3,(H2,18,19,20). The molecule has 0 spiro atoms. The number of hydrogen-bond acceptors (Lipinski definition) is 3. The first-order valence-electron chi connectivity index (χ1n) is 8.51. The topological polar surface area (TPSA) is 87.5 Å². The van der Waals surface area contributed by atoms with Gasteiger partial charge in [0.25, 0.3) is 0 Å². The molecule has 0 unspecified atom stereocenters. The number of hydrogen-bond donors (Lipinski definition) is 3. The number of aryl methyl sites for hydroxylation is 1. The lowest BCUT2D eigenvalue weighted by Crippen LogP contribution is -2.42. The molecule has 1 aromatic heterocycles. The Balaban J connectivity index is 1.67. The molecule has 0 aliphatic carbocycles. The van der Waals surface area contributed by atoms with Crippen molar-refractivity contribution in [2.75, 3.05) is 32.4 Å². The second kappa shape index (κ2) is 9.43. The summed E-state index contributed by atoms with van der Waals surface area (Å²) in [6.07, 6.45) is 3.07. The van der Waals surface area contributed by atoms with Crippen molar-refractivity contribution in [3.8, 4) is 0 Å². The Labute approximate surface area is 149 Å². The van der Waals surface area contributed by atoms with Gasteiger partial charge >= 0.3 is 0 Å². The van der Waals surface area contributed by atoms with Gasteiger partial charge in [-0.25, -0.2) is 13.1 Å². The Morgan fingerprint density at radius 3 is 2.64 bits per heavy atom. The number of aliphatic imine (C=N–C) groups is 1. The van der Waals surface area contributed by atoms with E-state index in [0.717, 1.165) is 19.5 Å². The van der Waals surface area contributed by atoms with E-state index in [0.29, 0.717) is 19.0 Å². The van der Waals surface area contributed by atoms with Gasteiger partial charge in [0, 0.05) is 44.9 Å². The number of nitrogens with zero attached hydrogens (tertiary/aromatic N) is 2. The third kappa shape index (κ3) is 6.06. The van der Waals surface area contributed by atoms with Crippen LogP contribution in [0.1, 0.15) is 13.3 Å². The number of aromatic nitrogens is 1. The largest absolute Gasteiger partial charge is 0.356 e. The molecule has 0 fully saturated rings. The van der Waals surface area contributed by atoms with Crippen LogP contribution in [0.5, 0.6) is 0 Å². The lowest BCUT2D eigenvalue weighted by molar-refractivity contribution is 0.581. The Hall–Kier alpha value is -2.06. The molecule has 1 aromatic carbocycles. The van der Waals surface area contributed by atoms with Crippen molar-refractivity contribution in [3.05, 3.63) is 36.5 Å². The number of nitrogens with one attached hydrogen (secondary N) is 3. The minimum atomic E-state index is -3.14. The van der Waals surface area contributed by atoms with E-state index < -0.39 is 10.0 Å². The first-order valence-corrected chi connectivity index (χ1v) is 10.2. The number of para-hydroxylation sites is 1. The maximum absolute atomic E-state index is 11.3. The fourth-order valence-corrected chi connectivity index (χ4v) is 3.12. The zero-order chi connectivity index (χ0) is 18.1. The molecule has 0 bridgehead atoms. The van der Waals surface area contributed by atoms with Crippen molar-refractivity contribution < 1.29 is 8.42 Å². The van der Waals surface area contributed by atoms with Crippen LogP contribution in [0.25, 0.3) is 10.9 Å². The van der Waals surface area contributed by atoms with Gasteiger partial charge in [-0.3, -0.25) is 4.99 Å². The summed E-state index contributed by atoms with van der Waals surface area (Å²) in [5, 5.41) is 7.59. The van der Waals surface area contributed by atoms with Crippen molar-refractivity contribution in [1.29, 1.82) is 0 Å². The molecule has 2 aromatic rings. The smallest absolute Gasteiger partial charge is 0.211 e. The number of guanidine groups is 1. The van der Waals surface area contributed by atoms with Crippen LogP contribution in [0.15, 0.2) is 41.5 Å². The molecular formula is C17H27N5O2S. The van der Waals surface area contributed by atoms with Crippen LogP contribution >= 0.6 is 0 Å². The molecule has 0 aliphatic rings. The van der Waals surface area contributed by atoms with E-state index in [1.165, 1.54) is 10.9 Å². The van der Waals surface area contributed by atoms with Gasteiger partial charge in [0.15, 0.2) is 5.96 Å². The molecule has 25 heavy (non-hydrogen) atoms. The lowest BCUT2D eigenvalue weighted by Gasteiger charge is -2.12. The highest BCUT2D eigenvalue weighted by atomic mass is 32.2. The Morgan fingerprint density at radius 1 is 1.12 bits per heavy atom. The quantitative estimate of drug-likeness (QED) is 0.353. The summed E-state index contributed by atoms with van der Waals surface area (Å²) in [5.41, 5.74) is 1.24. The minimum Gasteiger partial charge on any atom is -0.356 e. The molecule has 0 saturated carbocycles. The van der Waals surface area contributed by atoms with E-state index in [1.54, 1.807) is 14.0 Å². The normalized spacial score (nSPS) is 12.5. The van der Waals surface area contributed by atoms with E-state index in [2.05, 4.69) is 55.4 Å². The van der Waals surface area contributed by atoms with E-state index >= 15 is 0 Å². The average molecular weight is 366 g/mol. The summed E-state index contributed by atoms with van der Waals surface area (Å²) in [4.78, 5) is 4.14. The average Bonchev–Trinajstić information content (AvgIpc) is 3.03. The van der Waals surface area contributed by atoms with Crippen LogP contribution in [0, 0.1) is 0 Å². The van der Waals surface area contributed by atoms with Crippen LogP contribution in [0.3, 0.4) is 0 Å². The van der Waals surface area contributed by atoms with Crippen molar-refractivity contribution in [2.24, 2.45) is 4.99 Å². The van der Waals surface area contributed by atoms with Crippen LogP contribution in [-0.4, -0.2) is 51.4 Å². The highest BCUT2D eigenvalue weighted by Gasteiger charge is 2.05. The highest BCUT2D eigenvalue weighted by Crippen LogP contribution is 2.15. The van der Waals surface area contributed by atoms with Crippen LogP contribution in [0.2, 0.25) is 0 Å². The molecule has 0 atom stereocenters. The molecule has 138 valence electrons. The molecule has 8 heteroatoms. The zero-order valence-corrected chi connectivity index (χ0v) is 15.6. The fraction of sp³-hybridized carbons (Fsp3) is 0.471. The van der Waals surface area contributed by atoms with Crippen LogP contribution in [-0.2, 0) is 16.6 Å². The Bertz CT molecular complexity index is 798. The molecule has 0 saturated heterocycles. The van der Waals surface area contributed by atoms with Gasteiger partial charge in [0.1, 0.15) is 0 Å². The minimum absolute atomic E-state index is 0.0913. The summed E-state index contributed by atoms with van der Waals surface area (Å²) in [6.45, 7) is 4.15. The maximum atomic E-state index is 11.3. The first-order chi connectivity index (χ1) is 12.1. The third-order valence-corrected chi connectivity index (χ3v) is 5.30. The van der Waals surface area contributed by atoms with Crippen molar-refractivity contribution in [2.45, 2.75) is 19.9 Å². The van der Waals surface area contributed by atoms with E-state index in [4.69, 9.17) is 0 Å². The van der Waals surface area contributed by atoms with Gasteiger partial charge in [0.2, 0.25) is 10.0 Å². The fourth-order valence-electron chi connectivity index (χ4n) is 2.50. The van der Waals surface area contributed by atoms with Crippen molar-refractivity contribution in [3.63, 3.8) is 0 Å². The van der Waals surface area contributed by atoms with E-state index in [1.807, 2.05) is 6.07 Å². The maximum Gasteiger partial charge on any atom is 0.211 e. The third-order valence-electron chi connectivity index (χ3n) is 3.89. The number of benzene rings is 1. The van der Waals surface area contributed by atoms with Crippen molar-refractivity contribution in [1.82, 2.24) is 19.9 Å². The van der Waals surface area contributed by atoms with E-state index in [9.17, 15) is 8.42 Å². The SMILES string of the molecule is CCS(=O)(=O)NCCNC(=NC)NCCCn1ccc2ccccc21. The monoisotopic (exact) mass is 365 g/mol. The lowest BCUT2D eigenvalue weighted by atomic mass is 10.2. The molecule has 2 rings (SSSR count). The molecule has 3 N–H and O–H groups in total. The summed E-state index contributed by atoms with van der Waals surface area (Å²) in [6, 6.07) is 10.5. The van der Waals surface area contributed by atoms with Gasteiger partial charge in [-0.1, -0.05) is 18.2 Å². The second-order valence-electron chi connectivity index (χ2n) is 5.65. The highest BCUT2D eigenvalue weighted by molar-refractivity contribution is 7.89. The predicted molar refractivity (Wildman–Crippen MR) is 103 cm³/mol. The summed E-state index contributed by atoms with van der Waals surface area (Å²) in [5.74, 6) is 0.765. The number of sulfonamides is 1. The molecule has 1 heterocycles. The Kier molecular flexibility index (Phi) is 7.27. The molecule has 0 aliphatic heterocycles. The van der Waals surface area contributed by atoms with Gasteiger partial charge < -0.3 is 15.2 Å². The summed E-state index contributed by atoms with van der Waals surface area (Å²) >= 11 is 0. The molecule has 0 radical (unpaired) electrons. The van der Waals surface area contributed by atoms with E-state index in [-0.39, 0.29) is 5.75 Å². The molecular weight excluding hydrogens is 338 g/mol. The van der Waals surface area contributed by atoms with Gasteiger partial charge in [-0.15, -0.1) is 0 Å². The number of fused-ring (bicyclic) bond motifs is 1. The van der Waals surface area contributed by atoms with Crippen LogP contribution in [0.4, 0.5) is 0 Å².